The van der Waals surface area contributed by atoms with Crippen LogP contribution in [0.25, 0.3) is 0 Å². The van der Waals surface area contributed by atoms with Crippen molar-refractivity contribution in [2.75, 3.05) is 26.7 Å². The number of likely N-dealkylation sites (N-methyl/N-ethyl adjacent to an activating group) is 1. The minimum absolute atomic E-state index is 0.0443. The van der Waals surface area contributed by atoms with Crippen LogP contribution in [0.4, 0.5) is 13.2 Å². The Labute approximate surface area is 152 Å². The summed E-state index contributed by atoms with van der Waals surface area (Å²) in [6.45, 7) is 2.66. The zero-order chi connectivity index (χ0) is 19.5. The average Bonchev–Trinajstić information content (AvgIpc) is 2.92. The van der Waals surface area contributed by atoms with E-state index in [2.05, 4.69) is 10.6 Å². The van der Waals surface area contributed by atoms with Crippen molar-refractivity contribution in [3.63, 3.8) is 0 Å². The number of hydrogen-bond donors (Lipinski definition) is 2. The number of carbonyl (C=O) groups is 2. The molecule has 2 saturated heterocycles. The fourth-order valence-corrected chi connectivity index (χ4v) is 3.84. The van der Waals surface area contributed by atoms with Crippen LogP contribution in [0.2, 0.25) is 0 Å². The Bertz CT molecular complexity index is 515. The van der Waals surface area contributed by atoms with Crippen LogP contribution in [0.15, 0.2) is 0 Å². The normalized spacial score (nSPS) is 29.5. The quantitative estimate of drug-likeness (QED) is 0.770. The van der Waals surface area contributed by atoms with Crippen LogP contribution in [0.3, 0.4) is 0 Å². The molecule has 2 aliphatic rings. The molecule has 0 bridgehead atoms. The van der Waals surface area contributed by atoms with Crippen molar-refractivity contribution < 1.29 is 22.8 Å². The Morgan fingerprint density at radius 2 is 2.00 bits per heavy atom. The topological polar surface area (TPSA) is 64.7 Å². The number of halogens is 3. The van der Waals surface area contributed by atoms with Crippen molar-refractivity contribution in [1.82, 2.24) is 20.4 Å². The summed E-state index contributed by atoms with van der Waals surface area (Å²) in [7, 11) is 1.61. The summed E-state index contributed by atoms with van der Waals surface area (Å²) in [6.07, 6.45) is -1.30. The third-order valence-corrected chi connectivity index (χ3v) is 5.34. The summed E-state index contributed by atoms with van der Waals surface area (Å²) in [6, 6.07) is -1.41. The van der Waals surface area contributed by atoms with Crippen molar-refractivity contribution >= 4 is 11.8 Å². The van der Waals surface area contributed by atoms with Crippen molar-refractivity contribution in [1.29, 1.82) is 0 Å². The summed E-state index contributed by atoms with van der Waals surface area (Å²) in [5, 5.41) is 5.45. The number of nitrogens with zero attached hydrogens (tertiary/aromatic N) is 2. The van der Waals surface area contributed by atoms with E-state index in [4.69, 9.17) is 0 Å². The molecule has 0 spiro atoms. The highest BCUT2D eigenvalue weighted by molar-refractivity contribution is 5.90. The third kappa shape index (κ3) is 5.33. The highest BCUT2D eigenvalue weighted by atomic mass is 19.4. The molecule has 0 radical (unpaired) electrons. The van der Waals surface area contributed by atoms with E-state index < -0.39 is 24.8 Å². The first-order valence-corrected chi connectivity index (χ1v) is 9.21. The van der Waals surface area contributed by atoms with Gasteiger partial charge in [-0.1, -0.05) is 0 Å². The molecule has 6 nitrogen and oxygen atoms in total. The minimum atomic E-state index is -4.34. The van der Waals surface area contributed by atoms with E-state index in [-0.39, 0.29) is 37.0 Å². The zero-order valence-corrected chi connectivity index (χ0v) is 15.6. The smallest absolute Gasteiger partial charge is 0.342 e. The number of fused-ring (bicyclic) bond motifs is 1. The van der Waals surface area contributed by atoms with Gasteiger partial charge in [-0.25, -0.2) is 0 Å². The van der Waals surface area contributed by atoms with Crippen molar-refractivity contribution in [2.45, 2.75) is 69.9 Å². The lowest BCUT2D eigenvalue weighted by molar-refractivity contribution is -0.150. The molecule has 26 heavy (non-hydrogen) atoms. The number of amides is 2. The van der Waals surface area contributed by atoms with Gasteiger partial charge in [-0.3, -0.25) is 14.5 Å². The molecule has 2 amide bonds. The number of carbonyl (C=O) groups excluding carboxylic acids is 2. The lowest BCUT2D eigenvalue weighted by Crippen LogP contribution is -2.58. The molecule has 150 valence electrons. The van der Waals surface area contributed by atoms with Crippen LogP contribution in [-0.4, -0.2) is 78.6 Å². The number of alkyl halides is 3. The van der Waals surface area contributed by atoms with Gasteiger partial charge in [0.1, 0.15) is 6.04 Å². The van der Waals surface area contributed by atoms with Gasteiger partial charge in [-0.2, -0.15) is 13.2 Å². The summed E-state index contributed by atoms with van der Waals surface area (Å²) in [5.74, 6) is -0.661. The van der Waals surface area contributed by atoms with Gasteiger partial charge in [-0.05, 0) is 53.1 Å². The molecule has 2 fully saturated rings. The van der Waals surface area contributed by atoms with E-state index in [0.717, 1.165) is 12.8 Å². The molecule has 9 heteroatoms. The van der Waals surface area contributed by atoms with E-state index in [0.29, 0.717) is 12.8 Å². The SMILES string of the molecule is CN[C@@H](C)C(=O)N[C@H]1CN(CC(F)(F)F)CCCC2CC[C@@H](C)N2C1=O. The predicted octanol–water partition coefficient (Wildman–Crippen LogP) is 1.12. The van der Waals surface area contributed by atoms with E-state index in [1.54, 1.807) is 18.9 Å². The summed E-state index contributed by atoms with van der Waals surface area (Å²) in [5.41, 5.74) is 0. The largest absolute Gasteiger partial charge is 0.401 e. The van der Waals surface area contributed by atoms with Crippen molar-refractivity contribution in [3.8, 4) is 0 Å². The van der Waals surface area contributed by atoms with Crippen LogP contribution in [0.5, 0.6) is 0 Å². The molecule has 2 N–H and O–H groups in total. The highest BCUT2D eigenvalue weighted by Crippen LogP contribution is 2.29. The van der Waals surface area contributed by atoms with Gasteiger partial charge < -0.3 is 15.5 Å². The summed E-state index contributed by atoms with van der Waals surface area (Å²) < 4.78 is 38.7. The lowest BCUT2D eigenvalue weighted by atomic mass is 10.1. The average molecular weight is 378 g/mol. The molecule has 0 aromatic rings. The fraction of sp³-hybridized carbons (Fsp3) is 0.882. The van der Waals surface area contributed by atoms with Crippen molar-refractivity contribution in [2.24, 2.45) is 0 Å². The maximum absolute atomic E-state index is 13.1. The number of hydrogen-bond acceptors (Lipinski definition) is 4. The maximum atomic E-state index is 13.1. The highest BCUT2D eigenvalue weighted by Gasteiger charge is 2.41. The Hall–Kier alpha value is -1.35. The van der Waals surface area contributed by atoms with Gasteiger partial charge in [0.05, 0.1) is 12.6 Å². The second-order valence-corrected chi connectivity index (χ2v) is 7.39. The van der Waals surface area contributed by atoms with Gasteiger partial charge >= 0.3 is 6.18 Å². The lowest BCUT2D eigenvalue weighted by Gasteiger charge is -2.33. The molecular formula is C17H29F3N4O2. The molecule has 0 aliphatic carbocycles. The Morgan fingerprint density at radius 3 is 2.62 bits per heavy atom. The Kier molecular flexibility index (Phi) is 6.90. The first-order chi connectivity index (χ1) is 12.1. The molecule has 4 atom stereocenters. The van der Waals surface area contributed by atoms with E-state index >= 15 is 0 Å². The molecule has 2 rings (SSSR count). The van der Waals surface area contributed by atoms with Gasteiger partial charge in [0.15, 0.2) is 0 Å². The molecule has 0 aromatic carbocycles. The van der Waals surface area contributed by atoms with Crippen LogP contribution in [-0.2, 0) is 9.59 Å². The Morgan fingerprint density at radius 1 is 1.31 bits per heavy atom. The van der Waals surface area contributed by atoms with Crippen LogP contribution >= 0.6 is 0 Å². The summed E-state index contributed by atoms with van der Waals surface area (Å²) >= 11 is 0. The van der Waals surface area contributed by atoms with E-state index in [1.807, 2.05) is 6.92 Å². The number of nitrogens with one attached hydrogen (secondary N) is 2. The predicted molar refractivity (Wildman–Crippen MR) is 91.5 cm³/mol. The fourth-order valence-electron chi connectivity index (χ4n) is 3.84. The molecular weight excluding hydrogens is 349 g/mol. The number of rotatable bonds is 4. The van der Waals surface area contributed by atoms with Gasteiger partial charge in [0.25, 0.3) is 0 Å². The molecule has 2 heterocycles. The van der Waals surface area contributed by atoms with Gasteiger partial charge in [0, 0.05) is 18.6 Å². The second kappa shape index (κ2) is 8.56. The molecule has 2 aliphatic heterocycles. The first-order valence-electron chi connectivity index (χ1n) is 9.21. The molecule has 0 aromatic heterocycles. The van der Waals surface area contributed by atoms with Crippen LogP contribution in [0, 0.1) is 0 Å². The van der Waals surface area contributed by atoms with Gasteiger partial charge in [-0.15, -0.1) is 0 Å². The molecule has 0 saturated carbocycles. The second-order valence-electron chi connectivity index (χ2n) is 7.39. The van der Waals surface area contributed by atoms with Gasteiger partial charge in [0.2, 0.25) is 11.8 Å². The monoisotopic (exact) mass is 378 g/mol. The maximum Gasteiger partial charge on any atom is 0.401 e. The van der Waals surface area contributed by atoms with Crippen LogP contribution < -0.4 is 10.6 Å². The van der Waals surface area contributed by atoms with E-state index in [9.17, 15) is 22.8 Å². The molecule has 1 unspecified atom stereocenters. The third-order valence-electron chi connectivity index (χ3n) is 5.34. The van der Waals surface area contributed by atoms with Crippen molar-refractivity contribution in [3.05, 3.63) is 0 Å². The first kappa shape index (κ1) is 21.0. The van der Waals surface area contributed by atoms with Crippen LogP contribution in [0.1, 0.15) is 39.5 Å². The Balaban J connectivity index is 2.22. The minimum Gasteiger partial charge on any atom is -0.342 e. The summed E-state index contributed by atoms with van der Waals surface area (Å²) in [4.78, 5) is 28.4. The zero-order valence-electron chi connectivity index (χ0n) is 15.6. The standard InChI is InChI=1S/C17H29F3N4O2/c1-11-6-7-13-5-4-8-23(10-17(18,19)20)9-14(16(26)24(11)13)22-15(25)12(2)21-3/h11-14,21H,4-10H2,1-3H3,(H,22,25)/t11-,12+,13?,14+/m1/s1. The van der Waals surface area contributed by atoms with E-state index in [1.165, 1.54) is 4.90 Å².